The van der Waals surface area contributed by atoms with Gasteiger partial charge in [-0.15, -0.1) is 0 Å². The fraction of sp³-hybridized carbons (Fsp3) is 0.222. The number of methoxy groups -OCH3 is 1. The maximum absolute atomic E-state index is 5.97. The number of benzene rings is 2. The molecule has 1 aromatic heterocycles. The molecule has 2 heterocycles. The van der Waals surface area contributed by atoms with Gasteiger partial charge in [-0.2, -0.15) is 0 Å². The van der Waals surface area contributed by atoms with Crippen molar-refractivity contribution < 1.29 is 14.2 Å². The highest BCUT2D eigenvalue weighted by Gasteiger charge is 2.22. The summed E-state index contributed by atoms with van der Waals surface area (Å²) in [5.41, 5.74) is 1.77. The first kappa shape index (κ1) is 16.3. The molecule has 1 atom stereocenters. The number of halogens is 1. The van der Waals surface area contributed by atoms with Gasteiger partial charge in [-0.25, -0.2) is 9.97 Å². The molecule has 0 amide bonds. The zero-order chi connectivity index (χ0) is 17.2. The molecule has 128 valence electrons. The molecule has 6 nitrogen and oxygen atoms in total. The Morgan fingerprint density at radius 3 is 3.00 bits per heavy atom. The molecule has 2 aromatic carbocycles. The average Bonchev–Trinajstić information content (AvgIpc) is 2.61. The molecule has 0 saturated heterocycles. The molecule has 0 spiro atoms. The van der Waals surface area contributed by atoms with E-state index in [0.29, 0.717) is 24.7 Å². The number of ether oxygens (including phenoxy) is 3. The Kier molecular flexibility index (Phi) is 4.58. The predicted molar refractivity (Wildman–Crippen MR) is 104 cm³/mol. The van der Waals surface area contributed by atoms with Gasteiger partial charge < -0.3 is 19.5 Å². The van der Waals surface area contributed by atoms with E-state index in [0.717, 1.165) is 26.0 Å². The topological polar surface area (TPSA) is 65.5 Å². The highest BCUT2D eigenvalue weighted by atomic mass is 127. The maximum Gasteiger partial charge on any atom is 0.163 e. The molecule has 0 saturated carbocycles. The average molecular weight is 449 g/mol. The minimum atomic E-state index is -0.119. The summed E-state index contributed by atoms with van der Waals surface area (Å²) in [4.78, 5) is 8.74. The molecule has 1 N–H and O–H groups in total. The summed E-state index contributed by atoms with van der Waals surface area (Å²) in [7, 11) is 1.65. The van der Waals surface area contributed by atoms with Crippen molar-refractivity contribution >= 4 is 45.0 Å². The van der Waals surface area contributed by atoms with Crippen LogP contribution in [0.2, 0.25) is 0 Å². The molecule has 4 rings (SSSR count). The monoisotopic (exact) mass is 449 g/mol. The van der Waals surface area contributed by atoms with E-state index < -0.39 is 0 Å². The van der Waals surface area contributed by atoms with Gasteiger partial charge in [0.15, 0.2) is 17.6 Å². The molecule has 25 heavy (non-hydrogen) atoms. The summed E-state index contributed by atoms with van der Waals surface area (Å²) in [6, 6.07) is 11.9. The van der Waals surface area contributed by atoms with Crippen LogP contribution >= 0.6 is 22.6 Å². The van der Waals surface area contributed by atoms with Crippen LogP contribution in [0.5, 0.6) is 11.5 Å². The summed E-state index contributed by atoms with van der Waals surface area (Å²) in [6.45, 7) is 0.946. The lowest BCUT2D eigenvalue weighted by molar-refractivity contribution is 0.0274. The smallest absolute Gasteiger partial charge is 0.163 e. The van der Waals surface area contributed by atoms with Crippen LogP contribution < -0.4 is 14.8 Å². The van der Waals surface area contributed by atoms with Crippen LogP contribution in [-0.2, 0) is 4.74 Å². The Hall–Kier alpha value is -2.13. The second-order valence-electron chi connectivity index (χ2n) is 5.68. The highest BCUT2D eigenvalue weighted by Crippen LogP contribution is 2.37. The van der Waals surface area contributed by atoms with E-state index in [1.165, 1.54) is 0 Å². The van der Waals surface area contributed by atoms with Crippen molar-refractivity contribution in [2.75, 3.05) is 25.6 Å². The van der Waals surface area contributed by atoms with Gasteiger partial charge in [-0.3, -0.25) is 0 Å². The normalized spacial score (nSPS) is 16.0. The van der Waals surface area contributed by atoms with E-state index in [1.807, 2.05) is 30.3 Å². The van der Waals surface area contributed by atoms with Gasteiger partial charge in [0.2, 0.25) is 0 Å². The molecule has 7 heteroatoms. The molecule has 3 aromatic rings. The minimum Gasteiger partial charge on any atom is -0.486 e. The Morgan fingerprint density at radius 1 is 1.24 bits per heavy atom. The Labute approximate surface area is 158 Å². The van der Waals surface area contributed by atoms with Gasteiger partial charge in [0, 0.05) is 27.8 Å². The molecule has 0 radical (unpaired) electrons. The molecular weight excluding hydrogens is 433 g/mol. The molecule has 1 aliphatic heterocycles. The van der Waals surface area contributed by atoms with E-state index in [9.17, 15) is 0 Å². The van der Waals surface area contributed by atoms with E-state index >= 15 is 0 Å². The summed E-state index contributed by atoms with van der Waals surface area (Å²) in [5, 5.41) is 4.23. The molecular formula is C18H16IN3O3. The lowest BCUT2D eigenvalue weighted by Crippen LogP contribution is -2.32. The lowest BCUT2D eigenvalue weighted by Gasteiger charge is -2.26. The number of hydrogen-bond donors (Lipinski definition) is 1. The number of rotatable bonds is 4. The molecule has 1 unspecified atom stereocenters. The fourth-order valence-electron chi connectivity index (χ4n) is 2.74. The quantitative estimate of drug-likeness (QED) is 0.612. The van der Waals surface area contributed by atoms with Crippen molar-refractivity contribution in [1.82, 2.24) is 9.97 Å². The van der Waals surface area contributed by atoms with Crippen molar-refractivity contribution in [3.63, 3.8) is 0 Å². The van der Waals surface area contributed by atoms with Crippen molar-refractivity contribution in [3.05, 3.63) is 46.3 Å². The number of nitrogens with one attached hydrogen (secondary N) is 1. The van der Waals surface area contributed by atoms with E-state index in [2.05, 4.69) is 43.9 Å². The molecule has 0 aliphatic carbocycles. The van der Waals surface area contributed by atoms with Crippen LogP contribution in [0.1, 0.15) is 0 Å². The van der Waals surface area contributed by atoms with Crippen molar-refractivity contribution in [2.45, 2.75) is 6.10 Å². The van der Waals surface area contributed by atoms with Gasteiger partial charge in [-0.05, 0) is 46.9 Å². The van der Waals surface area contributed by atoms with Gasteiger partial charge in [-0.1, -0.05) is 6.07 Å². The molecule has 0 bridgehead atoms. The number of fused-ring (bicyclic) bond motifs is 2. The zero-order valence-corrected chi connectivity index (χ0v) is 15.7. The maximum atomic E-state index is 5.97. The van der Waals surface area contributed by atoms with Crippen molar-refractivity contribution in [2.24, 2.45) is 0 Å². The minimum absolute atomic E-state index is 0.119. The number of nitrogens with zero attached hydrogens (tertiary/aromatic N) is 2. The Balaban J connectivity index is 1.72. The van der Waals surface area contributed by atoms with E-state index in [-0.39, 0.29) is 6.10 Å². The van der Waals surface area contributed by atoms with E-state index in [1.54, 1.807) is 13.4 Å². The van der Waals surface area contributed by atoms with Crippen LogP contribution in [0, 0.1) is 3.57 Å². The van der Waals surface area contributed by atoms with Gasteiger partial charge in [0.05, 0.1) is 12.1 Å². The third-order valence-corrected chi connectivity index (χ3v) is 4.53. The summed E-state index contributed by atoms with van der Waals surface area (Å²) < 4.78 is 18.1. The van der Waals surface area contributed by atoms with Crippen LogP contribution in [-0.4, -0.2) is 36.4 Å². The van der Waals surface area contributed by atoms with Gasteiger partial charge in [0.1, 0.15) is 18.8 Å². The van der Waals surface area contributed by atoms with Crippen molar-refractivity contribution in [3.8, 4) is 11.5 Å². The summed E-state index contributed by atoms with van der Waals surface area (Å²) in [5.74, 6) is 2.10. The van der Waals surface area contributed by atoms with E-state index in [4.69, 9.17) is 14.2 Å². The molecule has 0 fully saturated rings. The first-order chi connectivity index (χ1) is 12.2. The van der Waals surface area contributed by atoms with Crippen LogP contribution in [0.25, 0.3) is 10.9 Å². The standard InChI is InChI=1S/C18H16IN3O3/c1-23-8-13-9-24-16-7-15-14(6-17(16)25-13)18(21-10-20-15)22-12-4-2-3-11(19)5-12/h2-7,10,13H,8-9H2,1H3,(H,20,21,22). The van der Waals surface area contributed by atoms with Gasteiger partial charge >= 0.3 is 0 Å². The first-order valence-electron chi connectivity index (χ1n) is 7.82. The summed E-state index contributed by atoms with van der Waals surface area (Å²) >= 11 is 2.28. The largest absolute Gasteiger partial charge is 0.486 e. The number of hydrogen-bond acceptors (Lipinski definition) is 6. The van der Waals surface area contributed by atoms with Crippen LogP contribution in [0.4, 0.5) is 11.5 Å². The third kappa shape index (κ3) is 3.47. The lowest BCUT2D eigenvalue weighted by atomic mass is 10.2. The number of aromatic nitrogens is 2. The second-order valence-corrected chi connectivity index (χ2v) is 6.93. The Morgan fingerprint density at radius 2 is 2.16 bits per heavy atom. The predicted octanol–water partition coefficient (Wildman–Crippen LogP) is 3.76. The SMILES string of the molecule is COCC1COc2cc3ncnc(Nc4cccc(I)c4)c3cc2O1. The second kappa shape index (κ2) is 7.01. The van der Waals surface area contributed by atoms with Crippen LogP contribution in [0.3, 0.4) is 0 Å². The van der Waals surface area contributed by atoms with Gasteiger partial charge in [0.25, 0.3) is 0 Å². The zero-order valence-electron chi connectivity index (χ0n) is 13.5. The fourth-order valence-corrected chi connectivity index (χ4v) is 3.28. The van der Waals surface area contributed by atoms with Crippen molar-refractivity contribution in [1.29, 1.82) is 0 Å². The Bertz CT molecular complexity index is 919. The van der Waals surface area contributed by atoms with Crippen LogP contribution in [0.15, 0.2) is 42.7 Å². The number of anilines is 2. The first-order valence-corrected chi connectivity index (χ1v) is 8.90. The third-order valence-electron chi connectivity index (χ3n) is 3.86. The molecule has 1 aliphatic rings. The highest BCUT2D eigenvalue weighted by molar-refractivity contribution is 14.1. The summed E-state index contributed by atoms with van der Waals surface area (Å²) in [6.07, 6.45) is 1.43.